The first-order valence-corrected chi connectivity index (χ1v) is 8.73. The van der Waals surface area contributed by atoms with Crippen LogP contribution in [0.25, 0.3) is 0 Å². The minimum Gasteiger partial charge on any atom is -0.302 e. The zero-order valence-electron chi connectivity index (χ0n) is 14.8. The highest BCUT2D eigenvalue weighted by atomic mass is 32.2. The molecule has 0 aliphatic heterocycles. The van der Waals surface area contributed by atoms with Crippen LogP contribution in [0.15, 0.2) is 17.0 Å². The van der Waals surface area contributed by atoms with Crippen LogP contribution >= 0.6 is 11.8 Å². The third-order valence-electron chi connectivity index (χ3n) is 3.73. The molecule has 1 rings (SSSR count). The second-order valence-corrected chi connectivity index (χ2v) is 8.98. The Kier molecular flexibility index (Phi) is 6.10. The van der Waals surface area contributed by atoms with E-state index >= 15 is 0 Å². The normalized spacial score (nSPS) is 12.5. The van der Waals surface area contributed by atoms with E-state index in [4.69, 9.17) is 0 Å². The molecule has 0 heterocycles. The predicted molar refractivity (Wildman–Crippen MR) is 94.7 cm³/mol. The molecule has 2 heteroatoms. The lowest BCUT2D eigenvalue weighted by Crippen LogP contribution is -2.17. The Morgan fingerprint density at radius 3 is 1.62 bits per heavy atom. The topological polar surface area (TPSA) is 17.1 Å². The molecule has 118 valence electrons. The van der Waals surface area contributed by atoms with Crippen LogP contribution in [-0.2, 0) is 4.79 Å². The van der Waals surface area contributed by atoms with Gasteiger partial charge in [0.05, 0.1) is 4.75 Å². The summed E-state index contributed by atoms with van der Waals surface area (Å²) >= 11 is 1.71. The lowest BCUT2D eigenvalue weighted by Gasteiger charge is -2.26. The van der Waals surface area contributed by atoms with E-state index in [1.807, 2.05) is 13.8 Å². The van der Waals surface area contributed by atoms with Crippen LogP contribution in [0.4, 0.5) is 0 Å². The fourth-order valence-corrected chi connectivity index (χ4v) is 3.69. The molecule has 0 radical (unpaired) electrons. The van der Waals surface area contributed by atoms with Gasteiger partial charge in [-0.15, -0.1) is 11.8 Å². The number of carbonyl (C=O) groups is 1. The standard InChI is InChI=1S/C19H30OS/c1-12(2)15-9-16(13(3)4)18(17(10-15)14(5)6)21-19(7,8)11-20/h9-14H,1-8H3. The van der Waals surface area contributed by atoms with Gasteiger partial charge >= 0.3 is 0 Å². The summed E-state index contributed by atoms with van der Waals surface area (Å²) in [6, 6.07) is 4.68. The van der Waals surface area contributed by atoms with Crippen molar-refractivity contribution in [2.75, 3.05) is 0 Å². The van der Waals surface area contributed by atoms with Gasteiger partial charge in [0, 0.05) is 4.90 Å². The van der Waals surface area contributed by atoms with E-state index in [9.17, 15) is 4.79 Å². The molecule has 0 aliphatic carbocycles. The van der Waals surface area contributed by atoms with Gasteiger partial charge in [-0.05, 0) is 48.3 Å². The van der Waals surface area contributed by atoms with Crippen LogP contribution in [0.3, 0.4) is 0 Å². The predicted octanol–water partition coefficient (Wildman–Crippen LogP) is 6.13. The van der Waals surface area contributed by atoms with Crippen molar-refractivity contribution in [2.24, 2.45) is 0 Å². The minimum atomic E-state index is -0.382. The van der Waals surface area contributed by atoms with Crippen molar-refractivity contribution in [1.82, 2.24) is 0 Å². The van der Waals surface area contributed by atoms with E-state index in [0.29, 0.717) is 17.8 Å². The van der Waals surface area contributed by atoms with Crippen molar-refractivity contribution < 1.29 is 4.79 Å². The summed E-state index contributed by atoms with van der Waals surface area (Å²) in [5.41, 5.74) is 4.16. The number of carbonyl (C=O) groups excluding carboxylic acids is 1. The highest BCUT2D eigenvalue weighted by Crippen LogP contribution is 2.42. The first-order chi connectivity index (χ1) is 9.59. The number of thioether (sulfide) groups is 1. The molecule has 0 aromatic heterocycles. The first kappa shape index (κ1) is 18.3. The summed E-state index contributed by atoms with van der Waals surface area (Å²) < 4.78 is -0.382. The molecule has 0 saturated heterocycles. The second-order valence-electron chi connectivity index (χ2n) is 7.32. The van der Waals surface area contributed by atoms with Crippen LogP contribution in [0, 0.1) is 0 Å². The van der Waals surface area contributed by atoms with E-state index in [1.54, 1.807) is 11.8 Å². The van der Waals surface area contributed by atoms with E-state index < -0.39 is 0 Å². The fourth-order valence-electron chi connectivity index (χ4n) is 2.29. The molecule has 0 spiro atoms. The molecule has 1 aromatic rings. The van der Waals surface area contributed by atoms with Gasteiger partial charge in [-0.3, -0.25) is 0 Å². The summed E-state index contributed by atoms with van der Waals surface area (Å²) in [4.78, 5) is 12.7. The molecule has 0 fully saturated rings. The molecule has 1 nitrogen and oxygen atoms in total. The van der Waals surface area contributed by atoms with E-state index in [1.165, 1.54) is 21.6 Å². The van der Waals surface area contributed by atoms with Crippen molar-refractivity contribution in [1.29, 1.82) is 0 Å². The maximum Gasteiger partial charge on any atom is 0.135 e. The average Bonchev–Trinajstić information content (AvgIpc) is 2.37. The van der Waals surface area contributed by atoms with Gasteiger partial charge in [0.15, 0.2) is 0 Å². The van der Waals surface area contributed by atoms with Gasteiger partial charge in [0.2, 0.25) is 0 Å². The molecule has 0 amide bonds. The van der Waals surface area contributed by atoms with Crippen LogP contribution in [0.5, 0.6) is 0 Å². The third-order valence-corrected chi connectivity index (χ3v) is 5.03. The summed E-state index contributed by atoms with van der Waals surface area (Å²) in [6.07, 6.45) is 1.06. The van der Waals surface area contributed by atoms with Crippen molar-refractivity contribution in [3.05, 3.63) is 28.8 Å². The van der Waals surface area contributed by atoms with E-state index in [0.717, 1.165) is 6.29 Å². The zero-order valence-corrected chi connectivity index (χ0v) is 15.6. The molecule has 0 saturated carbocycles. The Morgan fingerprint density at radius 2 is 1.33 bits per heavy atom. The molecule has 0 N–H and O–H groups in total. The SMILES string of the molecule is CC(C)c1cc(C(C)C)c(SC(C)(C)C=O)c(C(C)C)c1. The fraction of sp³-hybridized carbons (Fsp3) is 0.632. The van der Waals surface area contributed by atoms with Crippen LogP contribution in [0.1, 0.15) is 89.8 Å². The summed E-state index contributed by atoms with van der Waals surface area (Å²) in [5.74, 6) is 1.45. The van der Waals surface area contributed by atoms with Crippen LogP contribution in [0.2, 0.25) is 0 Å². The van der Waals surface area contributed by atoms with Crippen molar-refractivity contribution >= 4 is 18.0 Å². The Balaban J connectivity index is 3.53. The lowest BCUT2D eigenvalue weighted by atomic mass is 9.89. The number of rotatable bonds is 6. The van der Waals surface area contributed by atoms with Crippen molar-refractivity contribution in [3.8, 4) is 0 Å². The number of aldehydes is 1. The van der Waals surface area contributed by atoms with Gasteiger partial charge in [-0.2, -0.15) is 0 Å². The molecular weight excluding hydrogens is 276 g/mol. The lowest BCUT2D eigenvalue weighted by molar-refractivity contribution is -0.109. The molecule has 0 unspecified atom stereocenters. The Hall–Kier alpha value is -0.760. The van der Waals surface area contributed by atoms with Gasteiger partial charge in [0.1, 0.15) is 6.29 Å². The smallest absolute Gasteiger partial charge is 0.135 e. The zero-order chi connectivity index (χ0) is 16.4. The Bertz CT molecular complexity index is 469. The summed E-state index contributed by atoms with van der Waals surface area (Å²) in [7, 11) is 0. The number of benzene rings is 1. The van der Waals surface area contributed by atoms with E-state index in [2.05, 4.69) is 53.7 Å². The molecule has 0 atom stereocenters. The van der Waals surface area contributed by atoms with Crippen molar-refractivity contribution in [2.45, 2.75) is 82.8 Å². The highest BCUT2D eigenvalue weighted by Gasteiger charge is 2.25. The maximum absolute atomic E-state index is 11.3. The van der Waals surface area contributed by atoms with Crippen LogP contribution < -0.4 is 0 Å². The quantitative estimate of drug-likeness (QED) is 0.465. The van der Waals surface area contributed by atoms with Gasteiger partial charge in [-0.1, -0.05) is 53.7 Å². The van der Waals surface area contributed by atoms with Gasteiger partial charge in [0.25, 0.3) is 0 Å². The molecule has 21 heavy (non-hydrogen) atoms. The number of hydrogen-bond acceptors (Lipinski definition) is 2. The second kappa shape index (κ2) is 7.00. The molecule has 0 aliphatic rings. The van der Waals surface area contributed by atoms with Gasteiger partial charge in [-0.25, -0.2) is 0 Å². The molecular formula is C19H30OS. The maximum atomic E-state index is 11.3. The third kappa shape index (κ3) is 4.60. The minimum absolute atomic E-state index is 0.382. The largest absolute Gasteiger partial charge is 0.302 e. The highest BCUT2D eigenvalue weighted by molar-refractivity contribution is 8.01. The van der Waals surface area contributed by atoms with Crippen LogP contribution in [-0.4, -0.2) is 11.0 Å². The summed E-state index contributed by atoms with van der Waals surface area (Å²) in [6.45, 7) is 17.4. The van der Waals surface area contributed by atoms with Gasteiger partial charge < -0.3 is 4.79 Å². The first-order valence-electron chi connectivity index (χ1n) is 7.92. The molecule has 0 bridgehead atoms. The van der Waals surface area contributed by atoms with Crippen molar-refractivity contribution in [3.63, 3.8) is 0 Å². The van der Waals surface area contributed by atoms with E-state index in [-0.39, 0.29) is 4.75 Å². The number of hydrogen-bond donors (Lipinski definition) is 0. The Morgan fingerprint density at radius 1 is 0.905 bits per heavy atom. The summed E-state index contributed by atoms with van der Waals surface area (Å²) in [5, 5.41) is 0. The molecule has 1 aromatic carbocycles. The Labute approximate surface area is 134 Å². The monoisotopic (exact) mass is 306 g/mol. The average molecular weight is 307 g/mol.